The van der Waals surface area contributed by atoms with Crippen molar-refractivity contribution in [3.05, 3.63) is 76.9 Å². The Kier molecular flexibility index (Phi) is 6.53. The van der Waals surface area contributed by atoms with E-state index < -0.39 is 15.8 Å². The van der Waals surface area contributed by atoms with Gasteiger partial charge in [0.1, 0.15) is 11.5 Å². The number of halogens is 1. The number of hydrogen-bond acceptors (Lipinski definition) is 5. The topological polar surface area (TPSA) is 83.7 Å². The van der Waals surface area contributed by atoms with Crippen LogP contribution >= 0.6 is 0 Å². The Labute approximate surface area is 210 Å². The summed E-state index contributed by atoms with van der Waals surface area (Å²) in [5, 5.41) is 3.85. The van der Waals surface area contributed by atoms with Crippen molar-refractivity contribution in [2.75, 3.05) is 18.0 Å². The highest BCUT2D eigenvalue weighted by molar-refractivity contribution is 7.89. The normalized spacial score (nSPS) is 19.2. The summed E-state index contributed by atoms with van der Waals surface area (Å²) in [7, 11) is -3.91. The summed E-state index contributed by atoms with van der Waals surface area (Å²) in [5.41, 5.74) is 2.67. The van der Waals surface area contributed by atoms with Crippen LogP contribution in [0.5, 0.6) is 0 Å². The highest BCUT2D eigenvalue weighted by Gasteiger charge is 2.39. The summed E-state index contributed by atoms with van der Waals surface area (Å²) in [6.07, 6.45) is 4.59. The minimum absolute atomic E-state index is 0.0260. The van der Waals surface area contributed by atoms with E-state index in [1.54, 1.807) is 25.1 Å². The Balaban J connectivity index is 1.31. The van der Waals surface area contributed by atoms with E-state index in [-0.39, 0.29) is 47.3 Å². The molecule has 1 amide bonds. The first-order chi connectivity index (χ1) is 17.3. The van der Waals surface area contributed by atoms with Crippen LogP contribution < -0.4 is 4.90 Å². The molecule has 9 heteroatoms. The molecule has 188 valence electrons. The molecule has 0 radical (unpaired) electrons. The molecule has 1 aromatic heterocycles. The number of carbonyl (C=O) groups is 1. The predicted octanol–water partition coefficient (Wildman–Crippen LogP) is 4.67. The fourth-order valence-electron chi connectivity index (χ4n) is 5.14. The van der Waals surface area contributed by atoms with E-state index in [9.17, 15) is 17.6 Å². The Morgan fingerprint density at radius 2 is 1.78 bits per heavy atom. The molecule has 0 saturated carbocycles. The Morgan fingerprint density at radius 1 is 1.08 bits per heavy atom. The van der Waals surface area contributed by atoms with Gasteiger partial charge in [0.15, 0.2) is 10.7 Å². The van der Waals surface area contributed by atoms with Crippen molar-refractivity contribution in [1.29, 1.82) is 0 Å². The van der Waals surface area contributed by atoms with Crippen LogP contribution in [0.2, 0.25) is 0 Å². The van der Waals surface area contributed by atoms with Gasteiger partial charge in [0.05, 0.1) is 0 Å². The van der Waals surface area contributed by atoms with Crippen LogP contribution in [0.4, 0.5) is 10.1 Å². The van der Waals surface area contributed by atoms with Crippen LogP contribution in [0.3, 0.4) is 0 Å². The zero-order valence-electron chi connectivity index (χ0n) is 20.2. The van der Waals surface area contributed by atoms with Gasteiger partial charge < -0.3 is 9.42 Å². The van der Waals surface area contributed by atoms with Crippen molar-refractivity contribution in [1.82, 2.24) is 9.46 Å². The molecule has 1 atom stereocenters. The van der Waals surface area contributed by atoms with Gasteiger partial charge in [0, 0.05) is 36.3 Å². The maximum Gasteiger partial charge on any atom is 0.248 e. The van der Waals surface area contributed by atoms with Gasteiger partial charge in [-0.2, -0.15) is 4.31 Å². The first-order valence-corrected chi connectivity index (χ1v) is 13.5. The molecule has 0 N–H and O–H groups in total. The van der Waals surface area contributed by atoms with Gasteiger partial charge in [-0.15, -0.1) is 0 Å². The molecular weight excluding hydrogens is 481 g/mol. The molecular formula is C27H28FN3O4S. The zero-order chi connectivity index (χ0) is 25.4. The molecule has 36 heavy (non-hydrogen) atoms. The average Bonchev–Trinajstić information content (AvgIpc) is 3.42. The molecule has 3 heterocycles. The van der Waals surface area contributed by atoms with Crippen LogP contribution in [0.15, 0.2) is 57.9 Å². The predicted molar refractivity (Wildman–Crippen MR) is 135 cm³/mol. The van der Waals surface area contributed by atoms with Gasteiger partial charge in [-0.25, -0.2) is 12.8 Å². The smallest absolute Gasteiger partial charge is 0.248 e. The summed E-state index contributed by atoms with van der Waals surface area (Å²) in [6, 6.07) is 14.2. The number of piperidine rings is 1. The number of para-hydroxylation sites is 1. The highest BCUT2D eigenvalue weighted by atomic mass is 32.2. The van der Waals surface area contributed by atoms with Crippen molar-refractivity contribution in [3.8, 4) is 0 Å². The second-order valence-electron chi connectivity index (χ2n) is 9.38. The van der Waals surface area contributed by atoms with E-state index in [0.717, 1.165) is 17.7 Å². The van der Waals surface area contributed by atoms with E-state index in [1.165, 1.54) is 22.5 Å². The SMILES string of the molecule is Cc1noc(C=Cc2ccccc2F)c1S(=O)(=O)N1CCC(C(=O)N2c3ccccc3CC2C)CC1. The third-order valence-corrected chi connectivity index (χ3v) is 9.06. The number of fused-ring (bicyclic) bond motifs is 1. The molecule has 1 fully saturated rings. The summed E-state index contributed by atoms with van der Waals surface area (Å²) in [5.74, 6) is -0.555. The minimum atomic E-state index is -3.91. The third kappa shape index (κ3) is 4.37. The van der Waals surface area contributed by atoms with E-state index >= 15 is 0 Å². The molecule has 2 aliphatic rings. The van der Waals surface area contributed by atoms with Crippen molar-refractivity contribution < 1.29 is 22.1 Å². The van der Waals surface area contributed by atoms with Crippen molar-refractivity contribution in [3.63, 3.8) is 0 Å². The number of benzene rings is 2. The Hall–Kier alpha value is -3.30. The van der Waals surface area contributed by atoms with E-state index in [1.807, 2.05) is 36.1 Å². The number of sulfonamides is 1. The maximum absolute atomic E-state index is 14.0. The van der Waals surface area contributed by atoms with Crippen molar-refractivity contribution in [2.24, 2.45) is 5.92 Å². The first kappa shape index (κ1) is 24.4. The summed E-state index contributed by atoms with van der Waals surface area (Å²) < 4.78 is 47.7. The van der Waals surface area contributed by atoms with Gasteiger partial charge in [-0.1, -0.05) is 41.6 Å². The lowest BCUT2D eigenvalue weighted by Crippen LogP contribution is -2.46. The van der Waals surface area contributed by atoms with Crippen LogP contribution in [-0.4, -0.2) is 42.9 Å². The average molecular weight is 510 g/mol. The molecule has 1 unspecified atom stereocenters. The van der Waals surface area contributed by atoms with Gasteiger partial charge in [0.2, 0.25) is 15.9 Å². The first-order valence-electron chi connectivity index (χ1n) is 12.1. The molecule has 7 nitrogen and oxygen atoms in total. The largest absolute Gasteiger partial charge is 0.355 e. The molecule has 2 aromatic carbocycles. The number of carbonyl (C=O) groups excluding carboxylic acids is 1. The number of aromatic nitrogens is 1. The molecule has 0 bridgehead atoms. The van der Waals surface area contributed by atoms with Gasteiger partial charge in [-0.05, 0) is 63.0 Å². The number of hydrogen-bond donors (Lipinski definition) is 0. The van der Waals surface area contributed by atoms with Crippen LogP contribution in [0.25, 0.3) is 12.2 Å². The summed E-state index contributed by atoms with van der Waals surface area (Å²) in [6.45, 7) is 4.06. The molecule has 5 rings (SSSR count). The van der Waals surface area contributed by atoms with Crippen LogP contribution in [0, 0.1) is 18.7 Å². The highest BCUT2D eigenvalue weighted by Crippen LogP contribution is 2.35. The third-order valence-electron chi connectivity index (χ3n) is 7.00. The van der Waals surface area contributed by atoms with Crippen LogP contribution in [0.1, 0.15) is 42.3 Å². The lowest BCUT2D eigenvalue weighted by molar-refractivity contribution is -0.123. The van der Waals surface area contributed by atoms with Crippen molar-refractivity contribution in [2.45, 2.75) is 44.0 Å². The fourth-order valence-corrected chi connectivity index (χ4v) is 6.86. The number of anilines is 1. The standard InChI is InChI=1S/C27H28FN3O4S/c1-18-17-22-8-4-6-10-24(22)31(18)27(32)21-13-15-30(16-14-21)36(33,34)26-19(2)29-35-25(26)12-11-20-7-3-5-9-23(20)28/h3-12,18,21H,13-17H2,1-2H3. The van der Waals surface area contributed by atoms with Gasteiger partial charge in [0.25, 0.3) is 0 Å². The number of rotatable bonds is 5. The molecule has 0 aliphatic carbocycles. The molecule has 2 aliphatic heterocycles. The Morgan fingerprint density at radius 3 is 2.53 bits per heavy atom. The molecule has 0 spiro atoms. The number of nitrogens with zero attached hydrogens (tertiary/aromatic N) is 3. The number of amides is 1. The molecule has 3 aromatic rings. The second kappa shape index (κ2) is 9.63. The van der Waals surface area contributed by atoms with Gasteiger partial charge >= 0.3 is 0 Å². The Bertz CT molecular complexity index is 1420. The fraction of sp³-hybridized carbons (Fsp3) is 0.333. The number of aryl methyl sites for hydroxylation is 1. The summed E-state index contributed by atoms with van der Waals surface area (Å²) >= 11 is 0. The lowest BCUT2D eigenvalue weighted by Gasteiger charge is -2.34. The quantitative estimate of drug-likeness (QED) is 0.499. The van der Waals surface area contributed by atoms with E-state index in [4.69, 9.17) is 4.52 Å². The van der Waals surface area contributed by atoms with Crippen LogP contribution in [-0.2, 0) is 21.2 Å². The summed E-state index contributed by atoms with van der Waals surface area (Å²) in [4.78, 5) is 15.3. The zero-order valence-corrected chi connectivity index (χ0v) is 21.0. The maximum atomic E-state index is 14.0. The van der Waals surface area contributed by atoms with E-state index in [0.29, 0.717) is 18.4 Å². The van der Waals surface area contributed by atoms with Crippen molar-refractivity contribution >= 4 is 33.8 Å². The van der Waals surface area contributed by atoms with E-state index in [2.05, 4.69) is 5.16 Å². The second-order valence-corrected chi connectivity index (χ2v) is 11.3. The monoisotopic (exact) mass is 509 g/mol. The molecule has 1 saturated heterocycles. The van der Waals surface area contributed by atoms with Gasteiger partial charge in [-0.3, -0.25) is 4.79 Å². The minimum Gasteiger partial charge on any atom is -0.355 e. The lowest BCUT2D eigenvalue weighted by atomic mass is 9.96.